The predicted octanol–water partition coefficient (Wildman–Crippen LogP) is 3.91. The molecule has 0 atom stereocenters. The Bertz CT molecular complexity index is 534. The molecule has 0 bridgehead atoms. The summed E-state index contributed by atoms with van der Waals surface area (Å²) in [5.41, 5.74) is 8.42. The van der Waals surface area contributed by atoms with Crippen LogP contribution in [0.1, 0.15) is 20.9 Å². The van der Waals surface area contributed by atoms with Gasteiger partial charge in [-0.1, -0.05) is 28.1 Å². The van der Waals surface area contributed by atoms with Crippen LogP contribution in [-0.2, 0) is 19.6 Å². The van der Waals surface area contributed by atoms with Crippen LogP contribution in [0, 0.1) is 6.92 Å². The second kappa shape index (κ2) is 6.66. The van der Waals surface area contributed by atoms with E-state index in [1.54, 1.807) is 11.3 Å². The van der Waals surface area contributed by atoms with Crippen molar-refractivity contribution in [2.45, 2.75) is 26.6 Å². The summed E-state index contributed by atoms with van der Waals surface area (Å²) in [6, 6.07) is 10.7. The van der Waals surface area contributed by atoms with Crippen LogP contribution in [0.3, 0.4) is 0 Å². The van der Waals surface area contributed by atoms with Crippen molar-refractivity contribution >= 4 is 27.3 Å². The third-order valence-corrected chi connectivity index (χ3v) is 4.72. The Morgan fingerprint density at radius 1 is 1.21 bits per heavy atom. The van der Waals surface area contributed by atoms with E-state index in [1.807, 2.05) is 0 Å². The van der Waals surface area contributed by atoms with E-state index in [0.717, 1.165) is 17.6 Å². The molecule has 2 nitrogen and oxygen atoms in total. The lowest BCUT2D eigenvalue weighted by Gasteiger charge is -2.16. The third kappa shape index (κ3) is 4.14. The summed E-state index contributed by atoms with van der Waals surface area (Å²) in [6.07, 6.45) is 0. The van der Waals surface area contributed by atoms with Crippen LogP contribution in [0.5, 0.6) is 0 Å². The predicted molar refractivity (Wildman–Crippen MR) is 86.3 cm³/mol. The number of hydrogen-bond acceptors (Lipinski definition) is 3. The van der Waals surface area contributed by atoms with Crippen LogP contribution in [0.15, 0.2) is 34.8 Å². The fraction of sp³-hybridized carbons (Fsp3) is 0.333. The van der Waals surface area contributed by atoms with E-state index in [0.29, 0.717) is 6.54 Å². The molecule has 102 valence electrons. The highest BCUT2D eigenvalue weighted by Crippen LogP contribution is 2.23. The number of nitrogens with zero attached hydrogens (tertiary/aromatic N) is 1. The number of hydrogen-bond donors (Lipinski definition) is 1. The Balaban J connectivity index is 1.98. The minimum absolute atomic E-state index is 0.641. The van der Waals surface area contributed by atoms with E-state index >= 15 is 0 Å². The summed E-state index contributed by atoms with van der Waals surface area (Å²) in [5, 5.41) is 0. The van der Waals surface area contributed by atoms with Gasteiger partial charge >= 0.3 is 0 Å². The van der Waals surface area contributed by atoms with Gasteiger partial charge in [0, 0.05) is 33.9 Å². The number of aryl methyl sites for hydroxylation is 1. The highest BCUT2D eigenvalue weighted by molar-refractivity contribution is 9.10. The number of rotatable bonds is 5. The van der Waals surface area contributed by atoms with E-state index in [4.69, 9.17) is 5.73 Å². The molecule has 0 saturated carbocycles. The second-order valence-corrected chi connectivity index (χ2v) is 7.05. The van der Waals surface area contributed by atoms with E-state index < -0.39 is 0 Å². The number of halogens is 1. The van der Waals surface area contributed by atoms with Crippen molar-refractivity contribution < 1.29 is 0 Å². The van der Waals surface area contributed by atoms with Gasteiger partial charge in [0.2, 0.25) is 0 Å². The molecule has 2 N–H and O–H groups in total. The van der Waals surface area contributed by atoms with Crippen molar-refractivity contribution in [1.82, 2.24) is 4.90 Å². The minimum Gasteiger partial charge on any atom is -0.326 e. The molecule has 0 unspecified atom stereocenters. The molecule has 0 aliphatic rings. The summed E-state index contributed by atoms with van der Waals surface area (Å²) >= 11 is 5.27. The number of thiophene rings is 1. The van der Waals surface area contributed by atoms with Crippen LogP contribution in [0.25, 0.3) is 0 Å². The molecular formula is C15H19BrN2S. The molecule has 1 heterocycles. The maximum atomic E-state index is 5.69. The smallest absolute Gasteiger partial charge is 0.0274 e. The SMILES string of the molecule is Cc1sc(CN)cc1CN(C)Cc1ccc(Br)cc1. The van der Waals surface area contributed by atoms with E-state index in [2.05, 4.69) is 65.1 Å². The fourth-order valence-electron chi connectivity index (χ4n) is 2.09. The Kier molecular flexibility index (Phi) is 5.16. The van der Waals surface area contributed by atoms with Crippen LogP contribution in [-0.4, -0.2) is 11.9 Å². The van der Waals surface area contributed by atoms with Crippen LogP contribution in [0.4, 0.5) is 0 Å². The van der Waals surface area contributed by atoms with Gasteiger partial charge in [0.1, 0.15) is 0 Å². The van der Waals surface area contributed by atoms with Gasteiger partial charge in [0.15, 0.2) is 0 Å². The summed E-state index contributed by atoms with van der Waals surface area (Å²) in [5.74, 6) is 0. The van der Waals surface area contributed by atoms with Gasteiger partial charge in [0.05, 0.1) is 0 Å². The normalized spacial score (nSPS) is 11.2. The molecule has 4 heteroatoms. The summed E-state index contributed by atoms with van der Waals surface area (Å²) in [7, 11) is 2.15. The lowest BCUT2D eigenvalue weighted by molar-refractivity contribution is 0.319. The van der Waals surface area contributed by atoms with Crippen LogP contribution >= 0.6 is 27.3 Å². The van der Waals surface area contributed by atoms with E-state index in [-0.39, 0.29) is 0 Å². The molecule has 19 heavy (non-hydrogen) atoms. The third-order valence-electron chi connectivity index (χ3n) is 3.08. The maximum absolute atomic E-state index is 5.69. The van der Waals surface area contributed by atoms with Gasteiger partial charge < -0.3 is 5.73 Å². The van der Waals surface area contributed by atoms with Crippen LogP contribution in [0.2, 0.25) is 0 Å². The van der Waals surface area contributed by atoms with Gasteiger partial charge in [-0.3, -0.25) is 4.90 Å². The van der Waals surface area contributed by atoms with Gasteiger partial charge in [-0.25, -0.2) is 0 Å². The Hall–Kier alpha value is -0.680. The Labute approximate surface area is 127 Å². The van der Waals surface area contributed by atoms with Gasteiger partial charge in [-0.2, -0.15) is 0 Å². The maximum Gasteiger partial charge on any atom is 0.0274 e. The highest BCUT2D eigenvalue weighted by atomic mass is 79.9. The van der Waals surface area contributed by atoms with Crippen LogP contribution < -0.4 is 5.73 Å². The quantitative estimate of drug-likeness (QED) is 0.895. The molecule has 2 aromatic rings. The van der Waals surface area contributed by atoms with Crippen molar-refractivity contribution in [3.8, 4) is 0 Å². The molecule has 1 aromatic carbocycles. The molecule has 2 rings (SSSR count). The fourth-order valence-corrected chi connectivity index (χ4v) is 3.29. The number of benzene rings is 1. The lowest BCUT2D eigenvalue weighted by Crippen LogP contribution is -2.17. The molecule has 0 spiro atoms. The van der Waals surface area contributed by atoms with Crippen molar-refractivity contribution in [3.05, 3.63) is 55.7 Å². The standard InChI is InChI=1S/C15H19BrN2S/c1-11-13(7-15(8-17)19-11)10-18(2)9-12-3-5-14(16)6-4-12/h3-7H,8-10,17H2,1-2H3. The second-order valence-electron chi connectivity index (χ2n) is 4.80. The molecule has 0 radical (unpaired) electrons. The van der Waals surface area contributed by atoms with Gasteiger partial charge in [-0.15, -0.1) is 11.3 Å². The molecule has 0 amide bonds. The molecule has 0 saturated heterocycles. The van der Waals surface area contributed by atoms with Crippen molar-refractivity contribution in [2.75, 3.05) is 7.05 Å². The molecule has 0 fully saturated rings. The first-order chi connectivity index (χ1) is 9.08. The van der Waals surface area contributed by atoms with E-state index in [9.17, 15) is 0 Å². The molecule has 1 aromatic heterocycles. The van der Waals surface area contributed by atoms with Crippen molar-refractivity contribution in [3.63, 3.8) is 0 Å². The van der Waals surface area contributed by atoms with Crippen molar-refractivity contribution in [1.29, 1.82) is 0 Å². The minimum atomic E-state index is 0.641. The zero-order valence-electron chi connectivity index (χ0n) is 11.3. The lowest BCUT2D eigenvalue weighted by atomic mass is 10.2. The topological polar surface area (TPSA) is 29.3 Å². The monoisotopic (exact) mass is 338 g/mol. The van der Waals surface area contributed by atoms with Gasteiger partial charge in [0.25, 0.3) is 0 Å². The number of nitrogens with two attached hydrogens (primary N) is 1. The van der Waals surface area contributed by atoms with E-state index in [1.165, 1.54) is 20.9 Å². The average Bonchev–Trinajstić information content (AvgIpc) is 2.73. The molecule has 0 aliphatic carbocycles. The molecule has 0 aliphatic heterocycles. The van der Waals surface area contributed by atoms with Gasteiger partial charge in [-0.05, 0) is 43.3 Å². The summed E-state index contributed by atoms with van der Waals surface area (Å²) in [6.45, 7) is 4.74. The molecular weight excluding hydrogens is 320 g/mol. The Morgan fingerprint density at radius 2 is 1.89 bits per heavy atom. The zero-order chi connectivity index (χ0) is 13.8. The zero-order valence-corrected chi connectivity index (χ0v) is 13.7. The first-order valence-electron chi connectivity index (χ1n) is 6.29. The summed E-state index contributed by atoms with van der Waals surface area (Å²) in [4.78, 5) is 4.98. The average molecular weight is 339 g/mol. The first kappa shape index (κ1) is 14.7. The Morgan fingerprint density at radius 3 is 2.47 bits per heavy atom. The van der Waals surface area contributed by atoms with Crippen molar-refractivity contribution in [2.24, 2.45) is 5.73 Å². The first-order valence-corrected chi connectivity index (χ1v) is 7.90. The summed E-state index contributed by atoms with van der Waals surface area (Å²) < 4.78 is 1.13. The largest absolute Gasteiger partial charge is 0.326 e. The highest BCUT2D eigenvalue weighted by Gasteiger charge is 2.08.